The number of benzene rings is 2. The number of nitrogens with one attached hydrogen (secondary N) is 2. The van der Waals surface area contributed by atoms with Crippen LogP contribution < -0.4 is 10.6 Å². The third-order valence-corrected chi connectivity index (χ3v) is 3.65. The van der Waals surface area contributed by atoms with Gasteiger partial charge in [-0.1, -0.05) is 0 Å². The molecule has 0 unspecified atom stereocenters. The molecule has 3 rings (SSSR count). The molecule has 0 saturated carbocycles. The zero-order valence-corrected chi connectivity index (χ0v) is 13.1. The normalized spacial score (nSPS) is 14.0. The molecule has 0 bridgehead atoms. The first kappa shape index (κ1) is 16.2. The molecule has 2 amide bonds. The summed E-state index contributed by atoms with van der Waals surface area (Å²) in [6, 6.07) is 10.8. The molecule has 1 aliphatic heterocycles. The van der Waals surface area contributed by atoms with Crippen LogP contribution in [0.15, 0.2) is 42.5 Å². The van der Waals surface area contributed by atoms with Crippen molar-refractivity contribution >= 4 is 40.7 Å². The number of nitrogens with zero attached hydrogens (tertiary/aromatic N) is 1. The average Bonchev–Trinajstić information content (AvgIpc) is 2.90. The summed E-state index contributed by atoms with van der Waals surface area (Å²) in [6.45, 7) is 0. The van der Waals surface area contributed by atoms with Gasteiger partial charge in [0.25, 0.3) is 11.6 Å². The molecule has 25 heavy (non-hydrogen) atoms. The monoisotopic (exact) mass is 339 g/mol. The maximum atomic E-state index is 12.2. The average molecular weight is 339 g/mol. The predicted octanol–water partition coefficient (Wildman–Crippen LogP) is 3.27. The highest BCUT2D eigenvalue weighted by molar-refractivity contribution is 6.35. The second-order valence-corrected chi connectivity index (χ2v) is 5.24. The first-order valence-corrected chi connectivity index (χ1v) is 7.25. The van der Waals surface area contributed by atoms with E-state index in [0.717, 1.165) is 0 Å². The number of methoxy groups -OCH3 is 1. The third kappa shape index (κ3) is 3.32. The van der Waals surface area contributed by atoms with Gasteiger partial charge in [0, 0.05) is 34.6 Å². The Morgan fingerprint density at radius 3 is 2.60 bits per heavy atom. The van der Waals surface area contributed by atoms with Gasteiger partial charge in [-0.05, 0) is 42.0 Å². The predicted molar refractivity (Wildman–Crippen MR) is 92.1 cm³/mol. The van der Waals surface area contributed by atoms with Crippen LogP contribution in [-0.2, 0) is 9.53 Å². The molecule has 0 atom stereocenters. The molecule has 0 spiro atoms. The number of rotatable bonds is 3. The molecule has 126 valence electrons. The minimum Gasteiger partial charge on any atom is -0.453 e. The van der Waals surface area contributed by atoms with E-state index >= 15 is 0 Å². The molecule has 1 heterocycles. The number of non-ortho nitro benzene ring substituents is 1. The minimum absolute atomic E-state index is 0.0250. The maximum absolute atomic E-state index is 12.2. The Morgan fingerprint density at radius 1 is 1.24 bits per heavy atom. The van der Waals surface area contributed by atoms with Crippen LogP contribution in [0.3, 0.4) is 0 Å². The van der Waals surface area contributed by atoms with Crippen LogP contribution >= 0.6 is 0 Å². The topological polar surface area (TPSA) is 111 Å². The number of fused-ring (bicyclic) bond motifs is 1. The highest BCUT2D eigenvalue weighted by atomic mass is 16.6. The second kappa shape index (κ2) is 6.44. The lowest BCUT2D eigenvalue weighted by Crippen LogP contribution is -2.10. The smallest absolute Gasteiger partial charge is 0.411 e. The highest BCUT2D eigenvalue weighted by Gasteiger charge is 2.24. The minimum atomic E-state index is -0.613. The maximum Gasteiger partial charge on any atom is 0.411 e. The quantitative estimate of drug-likeness (QED) is 0.506. The summed E-state index contributed by atoms with van der Waals surface area (Å²) in [5.74, 6) is -0.288. The Balaban J connectivity index is 1.95. The zero-order valence-electron chi connectivity index (χ0n) is 13.1. The Kier molecular flexibility index (Phi) is 4.17. The summed E-state index contributed by atoms with van der Waals surface area (Å²) in [7, 11) is 1.26. The Hall–Kier alpha value is -3.68. The van der Waals surface area contributed by atoms with Gasteiger partial charge in [0.15, 0.2) is 0 Å². The lowest BCUT2D eigenvalue weighted by Gasteiger charge is -2.06. The zero-order chi connectivity index (χ0) is 18.0. The fraction of sp³-hybridized carbons (Fsp3) is 0.0588. The fourth-order valence-corrected chi connectivity index (χ4v) is 2.44. The molecule has 8 nitrogen and oxygen atoms in total. The van der Waals surface area contributed by atoms with Crippen molar-refractivity contribution in [1.82, 2.24) is 0 Å². The number of carbonyl (C=O) groups excluding carboxylic acids is 2. The van der Waals surface area contributed by atoms with Gasteiger partial charge in [-0.3, -0.25) is 20.2 Å². The number of anilines is 2. The Labute approximate surface area is 142 Å². The number of hydrogen-bond donors (Lipinski definition) is 2. The van der Waals surface area contributed by atoms with Crippen molar-refractivity contribution in [1.29, 1.82) is 0 Å². The van der Waals surface area contributed by atoms with Crippen LogP contribution in [0, 0.1) is 10.1 Å². The molecule has 0 radical (unpaired) electrons. The van der Waals surface area contributed by atoms with Crippen molar-refractivity contribution in [3.8, 4) is 0 Å². The fourth-order valence-electron chi connectivity index (χ4n) is 2.44. The first-order chi connectivity index (χ1) is 12.0. The van der Waals surface area contributed by atoms with E-state index in [1.165, 1.54) is 19.2 Å². The SMILES string of the molecule is COC(=O)Nc1ccc2c(c1)/C(=C\c1ccc([N+](=O)[O-])cc1)C(=O)N2. The molecular weight excluding hydrogens is 326 g/mol. The molecule has 0 aliphatic carbocycles. The van der Waals surface area contributed by atoms with Crippen LogP contribution in [0.4, 0.5) is 21.9 Å². The molecule has 8 heteroatoms. The number of ether oxygens (including phenoxy) is 1. The van der Waals surface area contributed by atoms with Crippen molar-refractivity contribution in [3.63, 3.8) is 0 Å². The summed E-state index contributed by atoms with van der Waals surface area (Å²) in [5, 5.41) is 16.0. The standard InChI is InChI=1S/C17H13N3O5/c1-25-17(22)18-11-4-7-15-13(9-11)14(16(21)19-15)8-10-2-5-12(6-3-10)20(23)24/h2-9H,1H3,(H,18,22)(H,19,21)/b14-8+. The van der Waals surface area contributed by atoms with Gasteiger partial charge in [-0.2, -0.15) is 0 Å². The molecule has 2 aromatic carbocycles. The van der Waals surface area contributed by atoms with Crippen LogP contribution in [0.25, 0.3) is 11.6 Å². The van der Waals surface area contributed by atoms with Gasteiger partial charge in [0.1, 0.15) is 0 Å². The molecule has 0 aromatic heterocycles. The summed E-state index contributed by atoms with van der Waals surface area (Å²) in [5.41, 5.74) is 2.75. The van der Waals surface area contributed by atoms with Gasteiger partial charge >= 0.3 is 6.09 Å². The van der Waals surface area contributed by atoms with E-state index in [9.17, 15) is 19.7 Å². The first-order valence-electron chi connectivity index (χ1n) is 7.25. The van der Waals surface area contributed by atoms with E-state index in [0.29, 0.717) is 28.1 Å². The largest absolute Gasteiger partial charge is 0.453 e. The van der Waals surface area contributed by atoms with Gasteiger partial charge in [0.05, 0.1) is 12.0 Å². The number of nitro benzene ring substituents is 1. The summed E-state index contributed by atoms with van der Waals surface area (Å²) in [6.07, 6.45) is 1.02. The molecule has 2 N–H and O–H groups in total. The van der Waals surface area contributed by atoms with Crippen molar-refractivity contribution in [3.05, 3.63) is 63.7 Å². The van der Waals surface area contributed by atoms with E-state index in [4.69, 9.17) is 0 Å². The molecule has 0 saturated heterocycles. The number of amides is 2. The second-order valence-electron chi connectivity index (χ2n) is 5.24. The van der Waals surface area contributed by atoms with Crippen molar-refractivity contribution in [2.45, 2.75) is 0 Å². The molecule has 2 aromatic rings. The lowest BCUT2D eigenvalue weighted by molar-refractivity contribution is -0.384. The van der Waals surface area contributed by atoms with Crippen LogP contribution in [0.2, 0.25) is 0 Å². The number of nitro groups is 1. The van der Waals surface area contributed by atoms with Gasteiger partial charge in [-0.15, -0.1) is 0 Å². The van der Waals surface area contributed by atoms with E-state index in [1.807, 2.05) is 0 Å². The van der Waals surface area contributed by atoms with E-state index in [1.54, 1.807) is 36.4 Å². The van der Waals surface area contributed by atoms with Crippen LogP contribution in [0.1, 0.15) is 11.1 Å². The van der Waals surface area contributed by atoms with Crippen molar-refractivity contribution < 1.29 is 19.2 Å². The van der Waals surface area contributed by atoms with Crippen molar-refractivity contribution in [2.75, 3.05) is 17.7 Å². The van der Waals surface area contributed by atoms with E-state index in [-0.39, 0.29) is 11.6 Å². The Morgan fingerprint density at radius 2 is 1.96 bits per heavy atom. The number of hydrogen-bond acceptors (Lipinski definition) is 5. The molecule has 1 aliphatic rings. The summed E-state index contributed by atoms with van der Waals surface area (Å²) >= 11 is 0. The van der Waals surface area contributed by atoms with Crippen molar-refractivity contribution in [2.24, 2.45) is 0 Å². The number of carbonyl (C=O) groups is 2. The molecular formula is C17H13N3O5. The van der Waals surface area contributed by atoms with Gasteiger partial charge in [0.2, 0.25) is 0 Å². The van der Waals surface area contributed by atoms with E-state index < -0.39 is 11.0 Å². The summed E-state index contributed by atoms with van der Waals surface area (Å²) in [4.78, 5) is 33.7. The van der Waals surface area contributed by atoms with Gasteiger partial charge < -0.3 is 10.1 Å². The van der Waals surface area contributed by atoms with Gasteiger partial charge in [-0.25, -0.2) is 4.79 Å². The Bertz CT molecular complexity index is 903. The van der Waals surface area contributed by atoms with Crippen LogP contribution in [0.5, 0.6) is 0 Å². The molecule has 0 fully saturated rings. The highest BCUT2D eigenvalue weighted by Crippen LogP contribution is 2.35. The lowest BCUT2D eigenvalue weighted by atomic mass is 10.0. The van der Waals surface area contributed by atoms with Crippen LogP contribution in [-0.4, -0.2) is 24.0 Å². The van der Waals surface area contributed by atoms with E-state index in [2.05, 4.69) is 15.4 Å². The third-order valence-electron chi connectivity index (χ3n) is 3.65. The summed E-state index contributed by atoms with van der Waals surface area (Å²) < 4.78 is 4.55.